The van der Waals surface area contributed by atoms with Crippen molar-refractivity contribution in [2.45, 2.75) is 19.8 Å². The predicted molar refractivity (Wildman–Crippen MR) is 114 cm³/mol. The first-order valence-electron chi connectivity index (χ1n) is 10.1. The molecule has 0 saturated carbocycles. The molecular weight excluding hydrogens is 350 g/mol. The number of ether oxygens (including phenoxy) is 1. The van der Waals surface area contributed by atoms with Crippen LogP contribution in [0.25, 0.3) is 0 Å². The van der Waals surface area contributed by atoms with E-state index in [0.29, 0.717) is 19.1 Å². The van der Waals surface area contributed by atoms with Gasteiger partial charge in [-0.25, -0.2) is 0 Å². The minimum atomic E-state index is 0.0538. The second-order valence-electron chi connectivity index (χ2n) is 7.60. The maximum atomic E-state index is 12.3. The minimum Gasteiger partial charge on any atom is -0.492 e. The molecule has 0 aliphatic carbocycles. The number of nitrogens with zero attached hydrogens (tertiary/aromatic N) is 2. The van der Waals surface area contributed by atoms with Crippen LogP contribution in [0.3, 0.4) is 0 Å². The molecule has 0 aromatic heterocycles. The van der Waals surface area contributed by atoms with Crippen molar-refractivity contribution < 1.29 is 9.53 Å². The third-order valence-electron chi connectivity index (χ3n) is 5.11. The van der Waals surface area contributed by atoms with Crippen LogP contribution in [-0.2, 0) is 4.79 Å². The van der Waals surface area contributed by atoms with Gasteiger partial charge >= 0.3 is 0 Å². The van der Waals surface area contributed by atoms with Gasteiger partial charge in [0.2, 0.25) is 5.91 Å². The smallest absolute Gasteiger partial charge is 0.238 e. The van der Waals surface area contributed by atoms with Gasteiger partial charge in [0.25, 0.3) is 0 Å². The van der Waals surface area contributed by atoms with Crippen LogP contribution < -0.4 is 10.1 Å². The van der Waals surface area contributed by atoms with Crippen molar-refractivity contribution in [2.75, 3.05) is 51.2 Å². The van der Waals surface area contributed by atoms with E-state index in [1.165, 1.54) is 5.56 Å². The Balaban J connectivity index is 1.34. The van der Waals surface area contributed by atoms with Gasteiger partial charge in [-0.15, -0.1) is 0 Å². The lowest BCUT2D eigenvalue weighted by atomic mass is 10.0. The highest BCUT2D eigenvalue weighted by molar-refractivity contribution is 5.92. The van der Waals surface area contributed by atoms with Crippen LogP contribution in [0.1, 0.15) is 25.3 Å². The first-order chi connectivity index (χ1) is 13.6. The molecule has 1 heterocycles. The van der Waals surface area contributed by atoms with Crippen molar-refractivity contribution in [1.29, 1.82) is 0 Å². The molecule has 28 heavy (non-hydrogen) atoms. The molecule has 1 amide bonds. The van der Waals surface area contributed by atoms with E-state index in [0.717, 1.165) is 44.2 Å². The van der Waals surface area contributed by atoms with E-state index in [2.05, 4.69) is 41.1 Å². The second-order valence-corrected chi connectivity index (χ2v) is 7.60. The number of amides is 1. The third kappa shape index (κ3) is 6.36. The van der Waals surface area contributed by atoms with Crippen LogP contribution in [0, 0.1) is 0 Å². The highest BCUT2D eigenvalue weighted by Gasteiger charge is 2.18. The van der Waals surface area contributed by atoms with Crippen LogP contribution in [0.5, 0.6) is 5.75 Å². The minimum absolute atomic E-state index is 0.0538. The van der Waals surface area contributed by atoms with Crippen LogP contribution >= 0.6 is 0 Å². The number of carbonyl (C=O) groups is 1. The summed E-state index contributed by atoms with van der Waals surface area (Å²) >= 11 is 0. The standard InChI is InChI=1S/C23H31N3O2/c1-19(2)20-8-10-21(11-9-20)24-23(27)18-26-14-12-25(13-15-26)16-17-28-22-6-4-3-5-7-22/h3-11,19H,12-18H2,1-2H3,(H,24,27). The van der Waals surface area contributed by atoms with E-state index in [1.54, 1.807) is 0 Å². The van der Waals surface area contributed by atoms with Gasteiger partial charge in [-0.1, -0.05) is 44.2 Å². The van der Waals surface area contributed by atoms with Crippen molar-refractivity contribution in [3.8, 4) is 5.75 Å². The highest BCUT2D eigenvalue weighted by Crippen LogP contribution is 2.17. The van der Waals surface area contributed by atoms with E-state index in [1.807, 2.05) is 42.5 Å². The van der Waals surface area contributed by atoms with Crippen LogP contribution in [0.2, 0.25) is 0 Å². The lowest BCUT2D eigenvalue weighted by Gasteiger charge is -2.34. The van der Waals surface area contributed by atoms with Crippen LogP contribution in [0.4, 0.5) is 5.69 Å². The average Bonchev–Trinajstić information content (AvgIpc) is 2.70. The summed E-state index contributed by atoms with van der Waals surface area (Å²) in [6.07, 6.45) is 0. The Morgan fingerprint density at radius 1 is 0.964 bits per heavy atom. The lowest BCUT2D eigenvalue weighted by Crippen LogP contribution is -2.49. The number of carbonyl (C=O) groups excluding carboxylic acids is 1. The predicted octanol–water partition coefficient (Wildman–Crippen LogP) is 3.45. The molecule has 0 radical (unpaired) electrons. The third-order valence-corrected chi connectivity index (χ3v) is 5.11. The fraction of sp³-hybridized carbons (Fsp3) is 0.435. The SMILES string of the molecule is CC(C)c1ccc(NC(=O)CN2CCN(CCOc3ccccc3)CC2)cc1. The van der Waals surface area contributed by atoms with Crippen molar-refractivity contribution in [2.24, 2.45) is 0 Å². The number of para-hydroxylation sites is 1. The molecule has 0 bridgehead atoms. The summed E-state index contributed by atoms with van der Waals surface area (Å²) in [5.74, 6) is 1.47. The molecular formula is C23H31N3O2. The largest absolute Gasteiger partial charge is 0.492 e. The zero-order chi connectivity index (χ0) is 19.8. The Hall–Kier alpha value is -2.37. The Labute approximate surface area is 168 Å². The number of anilines is 1. The molecule has 2 aromatic carbocycles. The summed E-state index contributed by atoms with van der Waals surface area (Å²) in [6, 6.07) is 18.0. The van der Waals surface area contributed by atoms with E-state index < -0.39 is 0 Å². The molecule has 0 spiro atoms. The zero-order valence-corrected chi connectivity index (χ0v) is 16.9. The number of benzene rings is 2. The number of rotatable bonds is 8. The molecule has 1 aliphatic rings. The summed E-state index contributed by atoms with van der Waals surface area (Å²) in [7, 11) is 0. The van der Waals surface area contributed by atoms with E-state index >= 15 is 0 Å². The number of hydrogen-bond acceptors (Lipinski definition) is 4. The normalized spacial score (nSPS) is 15.5. The van der Waals surface area contributed by atoms with Gasteiger partial charge in [0.15, 0.2) is 0 Å². The van der Waals surface area contributed by atoms with Gasteiger partial charge in [-0.2, -0.15) is 0 Å². The number of hydrogen-bond donors (Lipinski definition) is 1. The summed E-state index contributed by atoms with van der Waals surface area (Å²) in [6.45, 7) is 10.1. The van der Waals surface area contributed by atoms with E-state index in [9.17, 15) is 4.79 Å². The molecule has 2 aromatic rings. The molecule has 0 atom stereocenters. The Bertz CT molecular complexity index is 723. The highest BCUT2D eigenvalue weighted by atomic mass is 16.5. The van der Waals surface area contributed by atoms with Crippen LogP contribution in [0.15, 0.2) is 54.6 Å². The Morgan fingerprint density at radius 3 is 2.25 bits per heavy atom. The summed E-state index contributed by atoms with van der Waals surface area (Å²) in [5.41, 5.74) is 2.15. The molecule has 0 unspecified atom stereocenters. The van der Waals surface area contributed by atoms with Crippen molar-refractivity contribution in [1.82, 2.24) is 9.80 Å². The first-order valence-corrected chi connectivity index (χ1v) is 10.1. The fourth-order valence-electron chi connectivity index (χ4n) is 3.34. The molecule has 5 nitrogen and oxygen atoms in total. The van der Waals surface area contributed by atoms with Crippen molar-refractivity contribution in [3.63, 3.8) is 0 Å². The molecule has 1 N–H and O–H groups in total. The Kier molecular flexibility index (Phi) is 7.46. The zero-order valence-electron chi connectivity index (χ0n) is 16.9. The maximum Gasteiger partial charge on any atom is 0.238 e. The lowest BCUT2D eigenvalue weighted by molar-refractivity contribution is -0.117. The Morgan fingerprint density at radius 2 is 1.61 bits per heavy atom. The van der Waals surface area contributed by atoms with Gasteiger partial charge in [0.1, 0.15) is 12.4 Å². The van der Waals surface area contributed by atoms with Gasteiger partial charge in [0.05, 0.1) is 6.54 Å². The van der Waals surface area contributed by atoms with E-state index in [4.69, 9.17) is 4.74 Å². The average molecular weight is 382 g/mol. The number of piperazine rings is 1. The summed E-state index contributed by atoms with van der Waals surface area (Å²) in [5, 5.41) is 3.00. The summed E-state index contributed by atoms with van der Waals surface area (Å²) < 4.78 is 5.77. The molecule has 1 fully saturated rings. The monoisotopic (exact) mass is 381 g/mol. The fourth-order valence-corrected chi connectivity index (χ4v) is 3.34. The second kappa shape index (κ2) is 10.2. The van der Waals surface area contributed by atoms with Gasteiger partial charge in [0, 0.05) is 38.4 Å². The number of nitrogens with one attached hydrogen (secondary N) is 1. The molecule has 1 aliphatic heterocycles. The molecule has 3 rings (SSSR count). The maximum absolute atomic E-state index is 12.3. The van der Waals surface area contributed by atoms with Gasteiger partial charge in [-0.05, 0) is 35.7 Å². The quantitative estimate of drug-likeness (QED) is 0.761. The topological polar surface area (TPSA) is 44.8 Å². The first kappa shape index (κ1) is 20.4. The van der Waals surface area contributed by atoms with Crippen LogP contribution in [-0.4, -0.2) is 61.6 Å². The van der Waals surface area contributed by atoms with Crippen molar-refractivity contribution in [3.05, 3.63) is 60.2 Å². The molecule has 5 heteroatoms. The van der Waals surface area contributed by atoms with Gasteiger partial charge in [-0.3, -0.25) is 14.6 Å². The molecule has 150 valence electrons. The van der Waals surface area contributed by atoms with E-state index in [-0.39, 0.29) is 5.91 Å². The summed E-state index contributed by atoms with van der Waals surface area (Å²) in [4.78, 5) is 16.9. The molecule has 1 saturated heterocycles. The van der Waals surface area contributed by atoms with Crippen molar-refractivity contribution >= 4 is 11.6 Å². The van der Waals surface area contributed by atoms with Gasteiger partial charge < -0.3 is 10.1 Å².